The zero-order valence-corrected chi connectivity index (χ0v) is 10.6. The summed E-state index contributed by atoms with van der Waals surface area (Å²) in [6.07, 6.45) is 0. The smallest absolute Gasteiger partial charge is 0.790 e. The molecule has 0 rings (SSSR count). The summed E-state index contributed by atoms with van der Waals surface area (Å²) in [6.45, 7) is 0. The first-order valence-corrected chi connectivity index (χ1v) is 6.68. The van der Waals surface area contributed by atoms with Crippen molar-refractivity contribution >= 4 is 23.5 Å². The number of hydrogen-bond donors (Lipinski definition) is 2. The van der Waals surface area contributed by atoms with Crippen LogP contribution in [0.2, 0.25) is 0 Å². The minimum atomic E-state index is -5.92. The third kappa shape index (κ3) is 15.5. The van der Waals surface area contributed by atoms with Crippen LogP contribution in [-0.4, -0.2) is 9.79 Å². The molecule has 0 saturated heterocycles. The Morgan fingerprint density at radius 3 is 1.47 bits per heavy atom. The summed E-state index contributed by atoms with van der Waals surface area (Å²) in [6, 6.07) is 0. The van der Waals surface area contributed by atoms with Crippen LogP contribution in [0.25, 0.3) is 0 Å². The second kappa shape index (κ2) is 7.06. The van der Waals surface area contributed by atoms with Crippen LogP contribution in [-0.2, 0) is 39.1 Å². The summed E-state index contributed by atoms with van der Waals surface area (Å²) in [7, 11) is -17.2. The van der Waals surface area contributed by atoms with Crippen molar-refractivity contribution in [3.63, 3.8) is 0 Å². The third-order valence-electron chi connectivity index (χ3n) is 0.406. The molecule has 0 aromatic carbocycles. The van der Waals surface area contributed by atoms with E-state index in [9.17, 15) is 28.4 Å². The molecule has 0 spiro atoms. The standard InChI is InChI=1S/Co.Li.H5O10P3/c;;1-11(2,3)9-13(7,8)10-12(4,5)6/h;;(H,7,8)(H2,1,2,3)(H2,4,5,6)/q+2;+1;/p-3. The molecule has 2 N–H and O–H groups in total. The molecule has 0 aliphatic carbocycles. The largest absolute Gasteiger partial charge is 2.00 e. The molecular formula is H2CoLiO10P3. The van der Waals surface area contributed by atoms with Crippen molar-refractivity contribution in [3.8, 4) is 0 Å². The van der Waals surface area contributed by atoms with Gasteiger partial charge in [-0.15, -0.1) is 0 Å². The van der Waals surface area contributed by atoms with E-state index in [4.69, 9.17) is 9.79 Å². The van der Waals surface area contributed by atoms with E-state index in [0.717, 1.165) is 0 Å². The molecule has 0 aromatic rings. The molecule has 1 radical (unpaired) electrons. The molecule has 0 fully saturated rings. The van der Waals surface area contributed by atoms with Crippen molar-refractivity contribution < 1.29 is 82.4 Å². The molecule has 0 heterocycles. The van der Waals surface area contributed by atoms with E-state index in [0.29, 0.717) is 0 Å². The summed E-state index contributed by atoms with van der Waals surface area (Å²) in [4.78, 5) is 45.3. The summed E-state index contributed by atoms with van der Waals surface area (Å²) in [5.41, 5.74) is 0. The van der Waals surface area contributed by atoms with Gasteiger partial charge in [0.2, 0.25) is 0 Å². The molecular weight excluding hydrogens is 319 g/mol. The fraction of sp³-hybridized carbons (Fsp3) is 0. The average molecular weight is 321 g/mol. The van der Waals surface area contributed by atoms with Gasteiger partial charge in [0.1, 0.15) is 0 Å². The summed E-state index contributed by atoms with van der Waals surface area (Å²) >= 11 is 0. The van der Waals surface area contributed by atoms with Crippen LogP contribution in [0, 0.1) is 0 Å². The first-order chi connectivity index (χ1) is 5.41. The van der Waals surface area contributed by atoms with Crippen LogP contribution in [0.15, 0.2) is 0 Å². The van der Waals surface area contributed by atoms with Gasteiger partial charge in [0.15, 0.2) is 0 Å². The van der Waals surface area contributed by atoms with Gasteiger partial charge in [-0.25, -0.2) is 8.88 Å². The first-order valence-electron chi connectivity index (χ1n) is 2.23. The predicted molar refractivity (Wildman–Crippen MR) is 29.4 cm³/mol. The van der Waals surface area contributed by atoms with E-state index in [1.807, 2.05) is 0 Å². The van der Waals surface area contributed by atoms with Crippen LogP contribution in [0.5, 0.6) is 0 Å². The first kappa shape index (κ1) is 21.8. The molecule has 0 amide bonds. The van der Waals surface area contributed by atoms with Gasteiger partial charge in [0.25, 0.3) is 7.82 Å². The van der Waals surface area contributed by atoms with E-state index >= 15 is 0 Å². The van der Waals surface area contributed by atoms with E-state index in [-0.39, 0.29) is 35.6 Å². The Morgan fingerprint density at radius 2 is 1.27 bits per heavy atom. The Morgan fingerprint density at radius 1 is 0.933 bits per heavy atom. The van der Waals surface area contributed by atoms with Crippen molar-refractivity contribution in [1.82, 2.24) is 0 Å². The Labute approximate surface area is 106 Å². The number of rotatable bonds is 4. The van der Waals surface area contributed by atoms with Crippen LogP contribution in [0.1, 0.15) is 0 Å². The summed E-state index contributed by atoms with van der Waals surface area (Å²) in [5.74, 6) is 0. The Hall–Kier alpha value is 1.51. The fourth-order valence-corrected chi connectivity index (χ4v) is 2.68. The minimum absolute atomic E-state index is 0. The predicted octanol–water partition coefficient (Wildman–Crippen LogP) is -5.59. The van der Waals surface area contributed by atoms with Crippen LogP contribution in [0.4, 0.5) is 0 Å². The van der Waals surface area contributed by atoms with E-state index in [1.54, 1.807) is 0 Å². The maximum Gasteiger partial charge on any atom is 2.00 e. The molecule has 0 aliphatic rings. The Bertz CT molecular complexity index is 283. The van der Waals surface area contributed by atoms with Crippen LogP contribution in [0.3, 0.4) is 0 Å². The monoisotopic (exact) mass is 321 g/mol. The van der Waals surface area contributed by atoms with Gasteiger partial charge in [0, 0.05) is 0 Å². The minimum Gasteiger partial charge on any atom is -0.790 e. The Kier molecular flexibility index (Phi) is 10.2. The van der Waals surface area contributed by atoms with E-state index < -0.39 is 23.5 Å². The van der Waals surface area contributed by atoms with Gasteiger partial charge in [-0.2, -0.15) is 0 Å². The molecule has 1 atom stereocenters. The molecule has 15 heavy (non-hydrogen) atoms. The second-order valence-electron chi connectivity index (χ2n) is 1.55. The van der Waals surface area contributed by atoms with Gasteiger partial charge in [-0.05, 0) is 0 Å². The van der Waals surface area contributed by atoms with Crippen molar-refractivity contribution in [1.29, 1.82) is 0 Å². The van der Waals surface area contributed by atoms with Crippen LogP contribution >= 0.6 is 23.5 Å². The Balaban J connectivity index is -0.000000720. The number of hydrogen-bond acceptors (Lipinski definition) is 8. The average Bonchev–Trinajstić information content (AvgIpc) is 1.43. The maximum absolute atomic E-state index is 10.2. The van der Waals surface area contributed by atoms with Gasteiger partial charge in [-0.1, -0.05) is 0 Å². The van der Waals surface area contributed by atoms with Crippen molar-refractivity contribution in [2.24, 2.45) is 0 Å². The maximum atomic E-state index is 10.2. The van der Waals surface area contributed by atoms with Gasteiger partial charge >= 0.3 is 43.5 Å². The molecule has 15 heteroatoms. The molecule has 87 valence electrons. The fourth-order valence-electron chi connectivity index (χ4n) is 0.268. The summed E-state index contributed by atoms with van der Waals surface area (Å²) < 4.78 is 35.3. The van der Waals surface area contributed by atoms with Crippen molar-refractivity contribution in [2.45, 2.75) is 0 Å². The molecule has 0 saturated carbocycles. The van der Waals surface area contributed by atoms with Gasteiger partial charge < -0.3 is 29.0 Å². The van der Waals surface area contributed by atoms with Gasteiger partial charge in [-0.3, -0.25) is 8.88 Å². The zero-order chi connectivity index (χ0) is 10.9. The molecule has 0 bridgehead atoms. The molecule has 1 unspecified atom stereocenters. The van der Waals surface area contributed by atoms with E-state index in [1.165, 1.54) is 0 Å². The molecule has 10 nitrogen and oxygen atoms in total. The van der Waals surface area contributed by atoms with Gasteiger partial charge in [0.05, 0.1) is 7.82 Å². The molecule has 0 aromatic heterocycles. The SMILES string of the molecule is O=P([O-])([O-])OP(=O)([O-])OP(=O)(O)O.[Co+2].[Li+]. The quantitative estimate of drug-likeness (QED) is 0.374. The van der Waals surface area contributed by atoms with Crippen molar-refractivity contribution in [3.05, 3.63) is 0 Å². The normalized spacial score (nSPS) is 15.8. The van der Waals surface area contributed by atoms with E-state index in [2.05, 4.69) is 8.62 Å². The summed E-state index contributed by atoms with van der Waals surface area (Å²) in [5, 5.41) is 0. The van der Waals surface area contributed by atoms with Crippen LogP contribution < -0.4 is 33.5 Å². The second-order valence-corrected chi connectivity index (χ2v) is 5.62. The topological polar surface area (TPSA) is 179 Å². The van der Waals surface area contributed by atoms with Crippen molar-refractivity contribution in [2.75, 3.05) is 0 Å². The zero-order valence-electron chi connectivity index (χ0n) is 6.84. The number of phosphoric acid groups is 3. The molecule has 0 aliphatic heterocycles. The third-order valence-corrected chi connectivity index (χ3v) is 3.66.